The smallest absolute Gasteiger partial charge is 0.134 e. The molecule has 0 amide bonds. The van der Waals surface area contributed by atoms with E-state index in [-0.39, 0.29) is 5.78 Å². The molecule has 2 aromatic rings. The van der Waals surface area contributed by atoms with E-state index in [4.69, 9.17) is 0 Å². The minimum absolute atomic E-state index is 0.172. The highest BCUT2D eigenvalue weighted by Gasteiger charge is 2.05. The monoisotopic (exact) mass is 199 g/mol. The number of ketones is 1. The van der Waals surface area contributed by atoms with Gasteiger partial charge in [-0.15, -0.1) is 0 Å². The lowest BCUT2D eigenvalue weighted by Gasteiger charge is -2.05. The number of benzene rings is 1. The van der Waals surface area contributed by atoms with Gasteiger partial charge >= 0.3 is 0 Å². The van der Waals surface area contributed by atoms with Crippen LogP contribution >= 0.6 is 0 Å². The van der Waals surface area contributed by atoms with Crippen molar-refractivity contribution in [2.75, 3.05) is 0 Å². The summed E-state index contributed by atoms with van der Waals surface area (Å²) in [6, 6.07) is 7.98. The number of carbonyl (C=O) groups excluding carboxylic acids is 1. The van der Waals surface area contributed by atoms with Gasteiger partial charge in [0.25, 0.3) is 0 Å². The maximum absolute atomic E-state index is 11.1. The maximum Gasteiger partial charge on any atom is 0.134 e. The van der Waals surface area contributed by atoms with Crippen LogP contribution in [-0.4, -0.2) is 10.8 Å². The predicted octanol–water partition coefficient (Wildman–Crippen LogP) is 2.67. The Hall–Kier alpha value is -1.70. The molecule has 2 rings (SSSR count). The van der Waals surface area contributed by atoms with Crippen LogP contribution in [0.1, 0.15) is 18.1 Å². The van der Waals surface area contributed by atoms with Crippen LogP contribution in [0.3, 0.4) is 0 Å². The molecule has 1 aromatic heterocycles. The van der Waals surface area contributed by atoms with Gasteiger partial charge in [0, 0.05) is 18.0 Å². The molecular weight excluding hydrogens is 186 g/mol. The van der Waals surface area contributed by atoms with Crippen LogP contribution in [-0.2, 0) is 11.2 Å². The summed E-state index contributed by atoms with van der Waals surface area (Å²) in [5.41, 5.74) is 3.17. The fraction of sp³-hybridized carbons (Fsp3) is 0.231. The number of pyridine rings is 1. The van der Waals surface area contributed by atoms with Crippen LogP contribution in [0.5, 0.6) is 0 Å². The molecule has 0 aliphatic rings. The molecule has 0 aliphatic carbocycles. The molecule has 1 heterocycles. The number of fused-ring (bicyclic) bond motifs is 1. The maximum atomic E-state index is 11.1. The van der Waals surface area contributed by atoms with E-state index in [9.17, 15) is 4.79 Å². The Morgan fingerprint density at radius 1 is 1.33 bits per heavy atom. The predicted molar refractivity (Wildman–Crippen MR) is 60.9 cm³/mol. The summed E-state index contributed by atoms with van der Waals surface area (Å²) in [5.74, 6) is 0.172. The van der Waals surface area contributed by atoms with Gasteiger partial charge in [-0.1, -0.05) is 18.2 Å². The number of Topliss-reactive ketones (excluding diaryl/α,β-unsaturated/α-hetero) is 1. The third kappa shape index (κ3) is 1.89. The topological polar surface area (TPSA) is 30.0 Å². The van der Waals surface area contributed by atoms with E-state index in [0.29, 0.717) is 6.42 Å². The molecule has 0 spiro atoms. The molecule has 0 radical (unpaired) electrons. The first-order valence-corrected chi connectivity index (χ1v) is 5.01. The molecule has 0 bridgehead atoms. The normalized spacial score (nSPS) is 10.5. The van der Waals surface area contributed by atoms with Crippen LogP contribution in [0, 0.1) is 6.92 Å². The SMILES string of the molecule is CC(=O)Cc1cccc2c(C)ccnc12. The van der Waals surface area contributed by atoms with Gasteiger partial charge in [-0.2, -0.15) is 0 Å². The van der Waals surface area contributed by atoms with Crippen molar-refractivity contribution in [2.24, 2.45) is 0 Å². The number of hydrogen-bond donors (Lipinski definition) is 0. The Balaban J connectivity index is 2.65. The summed E-state index contributed by atoms with van der Waals surface area (Å²) in [6.07, 6.45) is 2.26. The van der Waals surface area contributed by atoms with Gasteiger partial charge in [0.1, 0.15) is 5.78 Å². The van der Waals surface area contributed by atoms with Crippen molar-refractivity contribution >= 4 is 16.7 Å². The largest absolute Gasteiger partial charge is 0.300 e. The second kappa shape index (κ2) is 3.81. The van der Waals surface area contributed by atoms with Crippen molar-refractivity contribution < 1.29 is 4.79 Å². The standard InChI is InChI=1S/C13H13NO/c1-9-6-7-14-13-11(8-10(2)15)4-3-5-12(9)13/h3-7H,8H2,1-2H3. The Bertz CT molecular complexity index is 517. The summed E-state index contributed by atoms with van der Waals surface area (Å²) in [7, 11) is 0. The molecule has 0 unspecified atom stereocenters. The van der Waals surface area contributed by atoms with Crippen molar-refractivity contribution in [2.45, 2.75) is 20.3 Å². The highest BCUT2D eigenvalue weighted by molar-refractivity contribution is 5.89. The van der Waals surface area contributed by atoms with Crippen LogP contribution in [0.2, 0.25) is 0 Å². The quantitative estimate of drug-likeness (QED) is 0.744. The van der Waals surface area contributed by atoms with Crippen LogP contribution in [0.4, 0.5) is 0 Å². The zero-order valence-corrected chi connectivity index (χ0v) is 8.95. The van der Waals surface area contributed by atoms with Gasteiger partial charge < -0.3 is 0 Å². The van der Waals surface area contributed by atoms with Gasteiger partial charge in [-0.3, -0.25) is 9.78 Å². The van der Waals surface area contributed by atoms with E-state index in [1.54, 1.807) is 13.1 Å². The Morgan fingerprint density at radius 2 is 2.13 bits per heavy atom. The average molecular weight is 199 g/mol. The number of carbonyl (C=O) groups is 1. The van der Waals surface area contributed by atoms with Crippen molar-refractivity contribution in [3.05, 3.63) is 41.6 Å². The molecular formula is C13H13NO. The van der Waals surface area contributed by atoms with Gasteiger partial charge in [-0.25, -0.2) is 0 Å². The third-order valence-electron chi connectivity index (χ3n) is 2.51. The molecule has 0 saturated carbocycles. The highest BCUT2D eigenvalue weighted by atomic mass is 16.1. The minimum Gasteiger partial charge on any atom is -0.300 e. The van der Waals surface area contributed by atoms with Crippen molar-refractivity contribution in [3.63, 3.8) is 0 Å². The van der Waals surface area contributed by atoms with E-state index in [1.165, 1.54) is 5.56 Å². The second-order valence-electron chi connectivity index (χ2n) is 3.82. The number of aromatic nitrogens is 1. The number of nitrogens with zero attached hydrogens (tertiary/aromatic N) is 1. The van der Waals surface area contributed by atoms with E-state index in [2.05, 4.69) is 11.9 Å². The molecule has 2 nitrogen and oxygen atoms in total. The first kappa shape index (κ1) is 9.84. The molecule has 0 aliphatic heterocycles. The molecule has 1 aromatic carbocycles. The first-order valence-electron chi connectivity index (χ1n) is 5.01. The van der Waals surface area contributed by atoms with Gasteiger partial charge in [-0.05, 0) is 31.0 Å². The molecule has 15 heavy (non-hydrogen) atoms. The number of para-hydroxylation sites is 1. The van der Waals surface area contributed by atoms with Crippen LogP contribution in [0.15, 0.2) is 30.5 Å². The second-order valence-corrected chi connectivity index (χ2v) is 3.82. The van der Waals surface area contributed by atoms with Crippen molar-refractivity contribution in [1.82, 2.24) is 4.98 Å². The first-order chi connectivity index (χ1) is 7.18. The summed E-state index contributed by atoms with van der Waals surface area (Å²) < 4.78 is 0. The zero-order valence-electron chi connectivity index (χ0n) is 8.95. The fourth-order valence-corrected chi connectivity index (χ4v) is 1.79. The summed E-state index contributed by atoms with van der Waals surface area (Å²) in [5, 5.41) is 1.14. The molecule has 0 atom stereocenters. The lowest BCUT2D eigenvalue weighted by Crippen LogP contribution is -1.98. The molecule has 0 fully saturated rings. The Labute approximate surface area is 89.0 Å². The number of rotatable bonds is 2. The lowest BCUT2D eigenvalue weighted by atomic mass is 10.0. The van der Waals surface area contributed by atoms with E-state index >= 15 is 0 Å². The third-order valence-corrected chi connectivity index (χ3v) is 2.51. The summed E-state index contributed by atoms with van der Waals surface area (Å²) >= 11 is 0. The van der Waals surface area contributed by atoms with Gasteiger partial charge in [0.15, 0.2) is 0 Å². The van der Waals surface area contributed by atoms with Crippen molar-refractivity contribution in [1.29, 1.82) is 0 Å². The molecule has 0 N–H and O–H groups in total. The lowest BCUT2D eigenvalue weighted by molar-refractivity contribution is -0.116. The van der Waals surface area contributed by atoms with Crippen LogP contribution in [0.25, 0.3) is 10.9 Å². The summed E-state index contributed by atoms with van der Waals surface area (Å²) in [4.78, 5) is 15.5. The fourth-order valence-electron chi connectivity index (χ4n) is 1.79. The Morgan fingerprint density at radius 3 is 2.87 bits per heavy atom. The van der Waals surface area contributed by atoms with Crippen LogP contribution < -0.4 is 0 Å². The molecule has 2 heteroatoms. The molecule has 76 valence electrons. The molecule has 0 saturated heterocycles. The number of hydrogen-bond acceptors (Lipinski definition) is 2. The van der Waals surface area contributed by atoms with Gasteiger partial charge in [0.05, 0.1) is 5.52 Å². The Kier molecular flexibility index (Phi) is 2.50. The van der Waals surface area contributed by atoms with Crippen molar-refractivity contribution in [3.8, 4) is 0 Å². The van der Waals surface area contributed by atoms with E-state index in [1.807, 2.05) is 24.3 Å². The van der Waals surface area contributed by atoms with E-state index < -0.39 is 0 Å². The number of aryl methyl sites for hydroxylation is 1. The minimum atomic E-state index is 0.172. The van der Waals surface area contributed by atoms with E-state index in [0.717, 1.165) is 16.5 Å². The summed E-state index contributed by atoms with van der Waals surface area (Å²) in [6.45, 7) is 3.66. The average Bonchev–Trinajstić information content (AvgIpc) is 2.19. The zero-order chi connectivity index (χ0) is 10.8. The van der Waals surface area contributed by atoms with Gasteiger partial charge in [0.2, 0.25) is 0 Å². The highest BCUT2D eigenvalue weighted by Crippen LogP contribution is 2.19.